The average Bonchev–Trinajstić information content (AvgIpc) is 3.25. The third-order valence-electron chi connectivity index (χ3n) is 4.73. The molecule has 1 amide bonds. The molecular formula is C21H20BrN3O. The summed E-state index contributed by atoms with van der Waals surface area (Å²) in [6.45, 7) is 1.33. The Hall–Kier alpha value is -2.53. The number of H-pyrrole nitrogens is 1. The molecule has 0 spiro atoms. The molecule has 4 nitrogen and oxygen atoms in total. The minimum absolute atomic E-state index is 0.0849. The van der Waals surface area contributed by atoms with Gasteiger partial charge in [-0.3, -0.25) is 4.79 Å². The Bertz CT molecular complexity index is 1060. The minimum atomic E-state index is 0.0849. The molecule has 0 atom stereocenters. The van der Waals surface area contributed by atoms with Crippen LogP contribution in [0.3, 0.4) is 0 Å². The van der Waals surface area contributed by atoms with Gasteiger partial charge in [-0.2, -0.15) is 0 Å². The second kappa shape index (κ2) is 7.38. The van der Waals surface area contributed by atoms with Gasteiger partial charge in [0.25, 0.3) is 0 Å². The quantitative estimate of drug-likeness (QED) is 0.478. The van der Waals surface area contributed by atoms with E-state index in [2.05, 4.69) is 55.1 Å². The van der Waals surface area contributed by atoms with Crippen molar-refractivity contribution < 1.29 is 4.79 Å². The van der Waals surface area contributed by atoms with E-state index in [4.69, 9.17) is 0 Å². The van der Waals surface area contributed by atoms with Crippen molar-refractivity contribution in [3.8, 4) is 0 Å². The monoisotopic (exact) mass is 409 g/mol. The minimum Gasteiger partial charge on any atom is -0.361 e. The lowest BCUT2D eigenvalue weighted by atomic mass is 10.1. The molecule has 0 fully saturated rings. The van der Waals surface area contributed by atoms with Crippen LogP contribution in [0.5, 0.6) is 0 Å². The van der Waals surface area contributed by atoms with Gasteiger partial charge in [0, 0.05) is 58.2 Å². The summed E-state index contributed by atoms with van der Waals surface area (Å²) < 4.78 is 3.20. The molecule has 0 bridgehead atoms. The average molecular weight is 410 g/mol. The molecule has 0 aliphatic heterocycles. The lowest BCUT2D eigenvalue weighted by Crippen LogP contribution is -2.26. The fraction of sp³-hybridized carbons (Fsp3) is 0.190. The van der Waals surface area contributed by atoms with Crippen LogP contribution in [-0.4, -0.2) is 22.0 Å². The van der Waals surface area contributed by atoms with Crippen LogP contribution in [-0.2, 0) is 17.8 Å². The first-order valence-electron chi connectivity index (χ1n) is 8.77. The number of nitrogens with one attached hydrogen (secondary N) is 2. The normalized spacial score (nSPS) is 11.3. The maximum atomic E-state index is 12.2. The summed E-state index contributed by atoms with van der Waals surface area (Å²) in [7, 11) is 0. The van der Waals surface area contributed by atoms with E-state index < -0.39 is 0 Å². The lowest BCUT2D eigenvalue weighted by Gasteiger charge is -2.07. The number of benzene rings is 2. The molecule has 0 unspecified atom stereocenters. The summed E-state index contributed by atoms with van der Waals surface area (Å²) >= 11 is 3.57. The van der Waals surface area contributed by atoms with E-state index >= 15 is 0 Å². The van der Waals surface area contributed by atoms with Crippen LogP contribution in [0.25, 0.3) is 21.8 Å². The standard InChI is InChI=1S/C21H20BrN3O/c22-18-5-3-7-20-17(18)9-12-25(20)13-10-21(26)23-11-8-15-14-24-19-6-2-1-4-16(15)19/h1-7,9,12,14,24H,8,10-11,13H2,(H,23,26). The number of aryl methyl sites for hydroxylation is 1. The smallest absolute Gasteiger partial charge is 0.221 e. The second-order valence-corrected chi connectivity index (χ2v) is 7.25. The number of amides is 1. The van der Waals surface area contributed by atoms with Crippen LogP contribution in [0.15, 0.2) is 65.4 Å². The van der Waals surface area contributed by atoms with Crippen LogP contribution < -0.4 is 5.32 Å². The Kier molecular flexibility index (Phi) is 4.80. The number of rotatable bonds is 6. The molecule has 2 aromatic heterocycles. The topological polar surface area (TPSA) is 49.8 Å². The van der Waals surface area contributed by atoms with Gasteiger partial charge in [-0.15, -0.1) is 0 Å². The van der Waals surface area contributed by atoms with Gasteiger partial charge in [0.2, 0.25) is 5.91 Å². The molecular weight excluding hydrogens is 390 g/mol. The molecule has 2 N–H and O–H groups in total. The maximum absolute atomic E-state index is 12.2. The van der Waals surface area contributed by atoms with Gasteiger partial charge < -0.3 is 14.9 Å². The molecule has 0 saturated heterocycles. The fourth-order valence-corrected chi connectivity index (χ4v) is 3.85. The zero-order valence-corrected chi connectivity index (χ0v) is 15.9. The summed E-state index contributed by atoms with van der Waals surface area (Å²) in [4.78, 5) is 15.5. The van der Waals surface area contributed by atoms with E-state index in [1.807, 2.05) is 36.7 Å². The Morgan fingerprint density at radius 1 is 1.08 bits per heavy atom. The zero-order valence-electron chi connectivity index (χ0n) is 14.3. The van der Waals surface area contributed by atoms with E-state index in [1.54, 1.807) is 0 Å². The van der Waals surface area contributed by atoms with Crippen molar-refractivity contribution in [1.29, 1.82) is 0 Å². The largest absolute Gasteiger partial charge is 0.361 e. The highest BCUT2D eigenvalue weighted by molar-refractivity contribution is 9.10. The number of nitrogens with zero attached hydrogens (tertiary/aromatic N) is 1. The van der Waals surface area contributed by atoms with Crippen molar-refractivity contribution in [1.82, 2.24) is 14.9 Å². The van der Waals surface area contributed by atoms with E-state index in [0.29, 0.717) is 19.5 Å². The van der Waals surface area contributed by atoms with Crippen molar-refractivity contribution in [2.24, 2.45) is 0 Å². The Morgan fingerprint density at radius 3 is 2.88 bits per heavy atom. The number of aromatic nitrogens is 2. The molecule has 26 heavy (non-hydrogen) atoms. The van der Waals surface area contributed by atoms with Crippen molar-refractivity contribution in [2.45, 2.75) is 19.4 Å². The van der Waals surface area contributed by atoms with Gasteiger partial charge in [-0.25, -0.2) is 0 Å². The number of para-hydroxylation sites is 1. The highest BCUT2D eigenvalue weighted by Crippen LogP contribution is 2.24. The molecule has 4 rings (SSSR count). The first-order chi connectivity index (χ1) is 12.7. The number of carbonyl (C=O) groups is 1. The summed E-state index contributed by atoms with van der Waals surface area (Å²) in [5.41, 5.74) is 3.52. The first kappa shape index (κ1) is 16.9. The number of halogens is 1. The lowest BCUT2D eigenvalue weighted by molar-refractivity contribution is -0.121. The molecule has 0 aliphatic carbocycles. The number of fused-ring (bicyclic) bond motifs is 2. The molecule has 4 aromatic rings. The van der Waals surface area contributed by atoms with Gasteiger partial charge in [0.1, 0.15) is 0 Å². The summed E-state index contributed by atoms with van der Waals surface area (Å²) in [6.07, 6.45) is 5.37. The van der Waals surface area contributed by atoms with Crippen LogP contribution in [0.1, 0.15) is 12.0 Å². The predicted molar refractivity (Wildman–Crippen MR) is 109 cm³/mol. The fourth-order valence-electron chi connectivity index (χ4n) is 3.37. The highest BCUT2D eigenvalue weighted by atomic mass is 79.9. The van der Waals surface area contributed by atoms with E-state index in [-0.39, 0.29) is 5.91 Å². The van der Waals surface area contributed by atoms with Crippen LogP contribution in [0.4, 0.5) is 0 Å². The van der Waals surface area contributed by atoms with Crippen molar-refractivity contribution >= 4 is 43.6 Å². The van der Waals surface area contributed by atoms with Crippen molar-refractivity contribution in [3.63, 3.8) is 0 Å². The van der Waals surface area contributed by atoms with Crippen molar-refractivity contribution in [2.75, 3.05) is 6.54 Å². The van der Waals surface area contributed by atoms with Gasteiger partial charge in [0.05, 0.1) is 0 Å². The van der Waals surface area contributed by atoms with Gasteiger partial charge in [-0.05, 0) is 36.2 Å². The maximum Gasteiger partial charge on any atom is 0.221 e. The molecule has 0 aliphatic rings. The number of hydrogen-bond donors (Lipinski definition) is 2. The third-order valence-corrected chi connectivity index (χ3v) is 5.42. The predicted octanol–water partition coefficient (Wildman–Crippen LogP) is 4.63. The van der Waals surface area contributed by atoms with Gasteiger partial charge in [-0.1, -0.05) is 40.2 Å². The number of aromatic amines is 1. The summed E-state index contributed by atoms with van der Waals surface area (Å²) in [6, 6.07) is 16.4. The molecule has 0 radical (unpaired) electrons. The number of hydrogen-bond acceptors (Lipinski definition) is 1. The second-order valence-electron chi connectivity index (χ2n) is 6.39. The zero-order chi connectivity index (χ0) is 17.9. The summed E-state index contributed by atoms with van der Waals surface area (Å²) in [5.74, 6) is 0.0849. The molecule has 0 saturated carbocycles. The van der Waals surface area contributed by atoms with Gasteiger partial charge in [0.15, 0.2) is 0 Å². The van der Waals surface area contributed by atoms with Crippen LogP contribution in [0, 0.1) is 0 Å². The van der Waals surface area contributed by atoms with Crippen LogP contribution in [0.2, 0.25) is 0 Å². The Morgan fingerprint density at radius 2 is 1.96 bits per heavy atom. The first-order valence-corrected chi connectivity index (χ1v) is 9.57. The van der Waals surface area contributed by atoms with Gasteiger partial charge >= 0.3 is 0 Å². The van der Waals surface area contributed by atoms with E-state index in [0.717, 1.165) is 21.9 Å². The molecule has 2 heterocycles. The molecule has 2 aromatic carbocycles. The Balaban J connectivity index is 1.31. The summed E-state index contributed by atoms with van der Waals surface area (Å²) in [5, 5.41) is 5.43. The molecule has 5 heteroatoms. The third kappa shape index (κ3) is 3.40. The Labute approximate surface area is 160 Å². The molecule has 132 valence electrons. The van der Waals surface area contributed by atoms with Crippen molar-refractivity contribution in [3.05, 3.63) is 71.0 Å². The SMILES string of the molecule is O=C(CCn1ccc2c(Br)cccc21)NCCc1c[nH]c2ccccc12. The van der Waals surface area contributed by atoms with Crippen LogP contribution >= 0.6 is 15.9 Å². The highest BCUT2D eigenvalue weighted by Gasteiger charge is 2.07. The van der Waals surface area contributed by atoms with E-state index in [9.17, 15) is 4.79 Å². The van der Waals surface area contributed by atoms with E-state index in [1.165, 1.54) is 16.3 Å². The number of carbonyl (C=O) groups excluding carboxylic acids is 1.